The molecule has 1 fully saturated rings. The van der Waals surface area contributed by atoms with Gasteiger partial charge in [-0.25, -0.2) is 9.48 Å². The van der Waals surface area contributed by atoms with E-state index in [0.29, 0.717) is 12.2 Å². The predicted octanol–water partition coefficient (Wildman–Crippen LogP) is -0.630. The van der Waals surface area contributed by atoms with E-state index in [1.807, 2.05) is 0 Å². The molecule has 8 nitrogen and oxygen atoms in total. The van der Waals surface area contributed by atoms with E-state index in [0.717, 1.165) is 32.7 Å². The van der Waals surface area contributed by atoms with Crippen LogP contribution in [-0.2, 0) is 17.9 Å². The summed E-state index contributed by atoms with van der Waals surface area (Å²) in [6.07, 6.45) is 0. The number of nitrogens with zero attached hydrogens (tertiary/aromatic N) is 5. The van der Waals surface area contributed by atoms with E-state index in [1.165, 1.54) is 7.11 Å². The summed E-state index contributed by atoms with van der Waals surface area (Å²) in [5.74, 6) is -1.07. The maximum atomic E-state index is 11.1. The highest BCUT2D eigenvalue weighted by molar-refractivity contribution is 5.86. The van der Waals surface area contributed by atoms with Gasteiger partial charge in [-0.15, -0.1) is 5.10 Å². The standard InChI is InChI=1S/C12H21N5O3/c1-15-3-5-16(6-4-15)7-8-17-10(9-20-2)11(12(18)19)13-14-17/h3-9H2,1-2H3,(H,18,19). The Hall–Kier alpha value is -1.51. The van der Waals surface area contributed by atoms with E-state index in [2.05, 4.69) is 27.2 Å². The molecule has 20 heavy (non-hydrogen) atoms. The molecule has 0 saturated carbocycles. The van der Waals surface area contributed by atoms with Gasteiger partial charge in [0, 0.05) is 39.8 Å². The third kappa shape index (κ3) is 3.53. The minimum Gasteiger partial charge on any atom is -0.476 e. The Balaban J connectivity index is 1.96. The molecule has 1 aromatic heterocycles. The quantitative estimate of drug-likeness (QED) is 0.744. The van der Waals surface area contributed by atoms with Crippen LogP contribution in [0.3, 0.4) is 0 Å². The Kier molecular flexibility index (Phi) is 5.05. The summed E-state index contributed by atoms with van der Waals surface area (Å²) in [7, 11) is 3.65. The maximum Gasteiger partial charge on any atom is 0.358 e. The lowest BCUT2D eigenvalue weighted by Gasteiger charge is -2.32. The van der Waals surface area contributed by atoms with Gasteiger partial charge >= 0.3 is 5.97 Å². The molecule has 0 aliphatic carbocycles. The van der Waals surface area contributed by atoms with E-state index < -0.39 is 5.97 Å². The first-order valence-electron chi connectivity index (χ1n) is 6.67. The van der Waals surface area contributed by atoms with Crippen LogP contribution in [0.15, 0.2) is 0 Å². The van der Waals surface area contributed by atoms with E-state index in [1.54, 1.807) is 4.68 Å². The number of piperazine rings is 1. The zero-order chi connectivity index (χ0) is 14.5. The molecule has 2 rings (SSSR count). The normalized spacial score (nSPS) is 17.5. The number of hydrogen-bond acceptors (Lipinski definition) is 6. The van der Waals surface area contributed by atoms with Gasteiger partial charge in [0.1, 0.15) is 0 Å². The second-order valence-corrected chi connectivity index (χ2v) is 4.99. The van der Waals surface area contributed by atoms with Crippen molar-refractivity contribution in [2.75, 3.05) is 46.9 Å². The van der Waals surface area contributed by atoms with E-state index in [9.17, 15) is 4.79 Å². The van der Waals surface area contributed by atoms with Gasteiger partial charge in [-0.1, -0.05) is 5.21 Å². The summed E-state index contributed by atoms with van der Waals surface area (Å²) < 4.78 is 6.67. The first-order valence-corrected chi connectivity index (χ1v) is 6.67. The van der Waals surface area contributed by atoms with Crippen LogP contribution in [-0.4, -0.2) is 82.8 Å². The number of aromatic carboxylic acids is 1. The van der Waals surface area contributed by atoms with Gasteiger partial charge < -0.3 is 14.7 Å². The highest BCUT2D eigenvalue weighted by Crippen LogP contribution is 2.08. The van der Waals surface area contributed by atoms with Crippen LogP contribution in [0.5, 0.6) is 0 Å². The number of likely N-dealkylation sites (N-methyl/N-ethyl adjacent to an activating group) is 1. The van der Waals surface area contributed by atoms with Crippen molar-refractivity contribution in [2.24, 2.45) is 0 Å². The largest absolute Gasteiger partial charge is 0.476 e. The number of carboxylic acid groups (broad SMARTS) is 1. The maximum absolute atomic E-state index is 11.1. The van der Waals surface area contributed by atoms with Crippen molar-refractivity contribution >= 4 is 5.97 Å². The van der Waals surface area contributed by atoms with Crippen molar-refractivity contribution in [2.45, 2.75) is 13.2 Å². The number of carbonyl (C=O) groups is 1. The molecule has 0 bridgehead atoms. The summed E-state index contributed by atoms with van der Waals surface area (Å²) in [4.78, 5) is 15.7. The van der Waals surface area contributed by atoms with Crippen molar-refractivity contribution in [3.63, 3.8) is 0 Å². The van der Waals surface area contributed by atoms with Crippen LogP contribution in [0.25, 0.3) is 0 Å². The molecule has 0 radical (unpaired) electrons. The molecule has 0 unspecified atom stereocenters. The lowest BCUT2D eigenvalue weighted by Crippen LogP contribution is -2.45. The molecular weight excluding hydrogens is 262 g/mol. The molecule has 0 aromatic carbocycles. The molecule has 1 aliphatic heterocycles. The summed E-state index contributed by atoms with van der Waals surface area (Å²) >= 11 is 0. The van der Waals surface area contributed by atoms with Crippen molar-refractivity contribution in [3.8, 4) is 0 Å². The fraction of sp³-hybridized carbons (Fsp3) is 0.750. The topological polar surface area (TPSA) is 83.7 Å². The van der Waals surface area contributed by atoms with Crippen LogP contribution in [0.4, 0.5) is 0 Å². The van der Waals surface area contributed by atoms with Crippen molar-refractivity contribution in [1.29, 1.82) is 0 Å². The highest BCUT2D eigenvalue weighted by Gasteiger charge is 2.20. The Morgan fingerprint density at radius 2 is 2.00 bits per heavy atom. The Bertz CT molecular complexity index is 454. The number of rotatable bonds is 6. The highest BCUT2D eigenvalue weighted by atomic mass is 16.5. The van der Waals surface area contributed by atoms with Gasteiger partial charge in [0.2, 0.25) is 0 Å². The van der Waals surface area contributed by atoms with E-state index >= 15 is 0 Å². The molecule has 1 aliphatic rings. The number of ether oxygens (including phenoxy) is 1. The first-order chi connectivity index (χ1) is 9.61. The van der Waals surface area contributed by atoms with Crippen molar-refractivity contribution < 1.29 is 14.6 Å². The number of methoxy groups -OCH3 is 1. The second-order valence-electron chi connectivity index (χ2n) is 4.99. The molecule has 112 valence electrons. The Morgan fingerprint density at radius 3 is 2.60 bits per heavy atom. The molecular formula is C12H21N5O3. The number of hydrogen-bond donors (Lipinski definition) is 1. The minimum absolute atomic E-state index is 0.0229. The predicted molar refractivity (Wildman–Crippen MR) is 71.6 cm³/mol. The zero-order valence-corrected chi connectivity index (χ0v) is 11.9. The molecule has 8 heteroatoms. The van der Waals surface area contributed by atoms with Crippen LogP contribution in [0.2, 0.25) is 0 Å². The van der Waals surface area contributed by atoms with Gasteiger partial charge in [-0.2, -0.15) is 0 Å². The minimum atomic E-state index is -1.07. The molecule has 0 amide bonds. The Labute approximate surface area is 117 Å². The molecule has 1 N–H and O–H groups in total. The SMILES string of the molecule is COCc1c(C(=O)O)nnn1CCN1CCN(C)CC1. The molecule has 0 spiro atoms. The summed E-state index contributed by atoms with van der Waals surface area (Å²) in [5, 5.41) is 16.7. The number of carboxylic acids is 1. The summed E-state index contributed by atoms with van der Waals surface area (Å²) in [6.45, 7) is 5.84. The summed E-state index contributed by atoms with van der Waals surface area (Å²) in [6, 6.07) is 0. The fourth-order valence-electron chi connectivity index (χ4n) is 2.27. The van der Waals surface area contributed by atoms with Crippen molar-refractivity contribution in [3.05, 3.63) is 11.4 Å². The summed E-state index contributed by atoms with van der Waals surface area (Å²) in [5.41, 5.74) is 0.499. The van der Waals surface area contributed by atoms with Crippen LogP contribution in [0, 0.1) is 0 Å². The third-order valence-electron chi connectivity index (χ3n) is 3.55. The fourth-order valence-corrected chi connectivity index (χ4v) is 2.27. The van der Waals surface area contributed by atoms with Gasteiger partial charge in [-0.3, -0.25) is 4.90 Å². The molecule has 1 aromatic rings. The second kappa shape index (κ2) is 6.78. The Morgan fingerprint density at radius 1 is 1.30 bits per heavy atom. The van der Waals surface area contributed by atoms with Crippen LogP contribution >= 0.6 is 0 Å². The number of aromatic nitrogens is 3. The van der Waals surface area contributed by atoms with Gasteiger partial charge in [0.15, 0.2) is 5.69 Å². The first kappa shape index (κ1) is 14.9. The lowest BCUT2D eigenvalue weighted by molar-refractivity contribution is 0.0684. The average molecular weight is 283 g/mol. The van der Waals surface area contributed by atoms with E-state index in [4.69, 9.17) is 9.84 Å². The third-order valence-corrected chi connectivity index (χ3v) is 3.55. The van der Waals surface area contributed by atoms with Gasteiger partial charge in [0.05, 0.1) is 18.8 Å². The smallest absolute Gasteiger partial charge is 0.358 e. The van der Waals surface area contributed by atoms with E-state index in [-0.39, 0.29) is 12.3 Å². The monoisotopic (exact) mass is 283 g/mol. The molecule has 2 heterocycles. The van der Waals surface area contributed by atoms with Crippen molar-refractivity contribution in [1.82, 2.24) is 24.8 Å². The van der Waals surface area contributed by atoms with Crippen LogP contribution in [0.1, 0.15) is 16.2 Å². The zero-order valence-electron chi connectivity index (χ0n) is 11.9. The average Bonchev–Trinajstić information content (AvgIpc) is 2.82. The lowest BCUT2D eigenvalue weighted by atomic mass is 10.3. The van der Waals surface area contributed by atoms with Gasteiger partial charge in [0.25, 0.3) is 0 Å². The van der Waals surface area contributed by atoms with Gasteiger partial charge in [-0.05, 0) is 7.05 Å². The molecule has 1 saturated heterocycles. The molecule has 0 atom stereocenters. The van der Waals surface area contributed by atoms with Crippen LogP contribution < -0.4 is 0 Å².